The van der Waals surface area contributed by atoms with Gasteiger partial charge in [0.05, 0.1) is 30.4 Å². The lowest BCUT2D eigenvalue weighted by Crippen LogP contribution is -2.48. The van der Waals surface area contributed by atoms with Crippen LogP contribution in [0.25, 0.3) is 0 Å². The molecule has 0 spiro atoms. The molecule has 11 nitrogen and oxygen atoms in total. The summed E-state index contributed by atoms with van der Waals surface area (Å²) in [5, 5.41) is 17.9. The second-order valence-corrected chi connectivity index (χ2v) is 15.9. The van der Waals surface area contributed by atoms with Crippen LogP contribution in [-0.4, -0.2) is 92.3 Å². The molecule has 2 aliphatic rings. The van der Waals surface area contributed by atoms with E-state index in [4.69, 9.17) is 9.47 Å². The minimum absolute atomic E-state index is 0.108. The van der Waals surface area contributed by atoms with Crippen LogP contribution in [0.1, 0.15) is 82.5 Å². The van der Waals surface area contributed by atoms with E-state index in [0.717, 1.165) is 44.9 Å². The van der Waals surface area contributed by atoms with Crippen LogP contribution in [-0.2, 0) is 14.8 Å². The van der Waals surface area contributed by atoms with Crippen molar-refractivity contribution in [1.29, 1.82) is 0 Å². The number of amides is 3. The number of thiophene rings is 1. The molecule has 46 heavy (non-hydrogen) atoms. The number of hydrogen-bond donors (Lipinski definition) is 3. The summed E-state index contributed by atoms with van der Waals surface area (Å²) >= 11 is 1.17. The van der Waals surface area contributed by atoms with Gasteiger partial charge in [0.25, 0.3) is 15.9 Å². The first kappa shape index (κ1) is 36.1. The van der Waals surface area contributed by atoms with E-state index in [2.05, 4.69) is 10.6 Å². The molecule has 3 N–H and O–H groups in total. The number of benzene rings is 1. The van der Waals surface area contributed by atoms with Crippen LogP contribution in [0.2, 0.25) is 0 Å². The molecule has 0 radical (unpaired) electrons. The Bertz CT molecular complexity index is 1380. The Labute approximate surface area is 277 Å². The molecule has 256 valence electrons. The van der Waals surface area contributed by atoms with Gasteiger partial charge in [0.15, 0.2) is 0 Å². The largest absolute Gasteiger partial charge is 0.490 e. The number of hydrogen-bond acceptors (Lipinski definition) is 8. The van der Waals surface area contributed by atoms with Crippen LogP contribution < -0.4 is 15.4 Å². The minimum atomic E-state index is -3.70. The molecule has 3 amide bonds. The molecule has 1 saturated carbocycles. The number of urea groups is 1. The number of carbonyl (C=O) groups is 2. The lowest BCUT2D eigenvalue weighted by Gasteiger charge is -2.35. The molecule has 1 aromatic carbocycles. The third kappa shape index (κ3) is 9.66. The fourth-order valence-electron chi connectivity index (χ4n) is 5.98. The third-order valence-corrected chi connectivity index (χ3v) is 12.0. The zero-order valence-corrected chi connectivity index (χ0v) is 29.1. The zero-order valence-electron chi connectivity index (χ0n) is 27.4. The highest BCUT2D eigenvalue weighted by Crippen LogP contribution is 2.29. The Morgan fingerprint density at radius 2 is 1.87 bits per heavy atom. The molecule has 2 heterocycles. The minimum Gasteiger partial charge on any atom is -0.490 e. The molecule has 1 aromatic heterocycles. The first-order valence-electron chi connectivity index (χ1n) is 16.4. The summed E-state index contributed by atoms with van der Waals surface area (Å²) in [4.78, 5) is 28.8. The van der Waals surface area contributed by atoms with E-state index in [1.807, 2.05) is 13.8 Å². The number of aliphatic hydroxyl groups is 1. The van der Waals surface area contributed by atoms with Gasteiger partial charge in [-0.25, -0.2) is 13.2 Å². The van der Waals surface area contributed by atoms with E-state index < -0.39 is 22.2 Å². The summed E-state index contributed by atoms with van der Waals surface area (Å²) < 4.78 is 40.6. The SMILES string of the molecule is C[C@@H]1CN([C@@H](C)CO)C(=O)c2cc(NC(=O)NC3CCCCC3)ccc2O[C@@H](C)CCCCO[C@H]1CN(C)S(=O)(=O)c1cccs1. The van der Waals surface area contributed by atoms with E-state index in [0.29, 0.717) is 18.0 Å². The fraction of sp³-hybridized carbons (Fsp3) is 0.636. The monoisotopic (exact) mass is 678 g/mol. The highest BCUT2D eigenvalue weighted by Gasteiger charge is 2.32. The van der Waals surface area contributed by atoms with Gasteiger partial charge < -0.3 is 30.1 Å². The number of likely N-dealkylation sites (N-methyl/N-ethyl adjacent to an activating group) is 1. The summed E-state index contributed by atoms with van der Waals surface area (Å²) in [6.45, 7) is 6.12. The summed E-state index contributed by atoms with van der Waals surface area (Å²) in [5.41, 5.74) is 0.741. The van der Waals surface area contributed by atoms with Crippen molar-refractivity contribution in [2.45, 2.75) is 101 Å². The molecular formula is C33H50N4O7S2. The van der Waals surface area contributed by atoms with Crippen molar-refractivity contribution in [2.75, 3.05) is 38.7 Å². The first-order chi connectivity index (χ1) is 22.0. The number of fused-ring (bicyclic) bond motifs is 1. The van der Waals surface area contributed by atoms with Crippen LogP contribution in [0.3, 0.4) is 0 Å². The highest BCUT2D eigenvalue weighted by molar-refractivity contribution is 7.91. The van der Waals surface area contributed by atoms with Crippen LogP contribution >= 0.6 is 11.3 Å². The topological polar surface area (TPSA) is 138 Å². The average molecular weight is 679 g/mol. The van der Waals surface area contributed by atoms with Crippen molar-refractivity contribution in [3.8, 4) is 5.75 Å². The normalized spacial score (nSPS) is 23.2. The molecule has 0 unspecified atom stereocenters. The van der Waals surface area contributed by atoms with Gasteiger partial charge in [-0.1, -0.05) is 32.3 Å². The van der Waals surface area contributed by atoms with Gasteiger partial charge in [-0.2, -0.15) is 4.31 Å². The van der Waals surface area contributed by atoms with Crippen LogP contribution in [0.5, 0.6) is 5.75 Å². The van der Waals surface area contributed by atoms with E-state index in [9.17, 15) is 23.1 Å². The standard InChI is InChI=1S/C33H50N4O7S2/c1-23-20-37(24(2)22-38)32(39)28-19-27(35-33(40)34-26-12-6-5-7-13-26)15-16-29(28)44-25(3)11-8-9-17-43-30(23)21-36(4)46(41,42)31-14-10-18-45-31/h10,14-16,18-19,23-26,30,38H,5-9,11-13,17,20-22H2,1-4H3,(H2,34,35,40)/t23-,24+,25+,30+/m1/s1. The van der Waals surface area contributed by atoms with E-state index >= 15 is 0 Å². The average Bonchev–Trinajstić information content (AvgIpc) is 3.59. The summed E-state index contributed by atoms with van der Waals surface area (Å²) in [6, 6.07) is 7.64. The maximum Gasteiger partial charge on any atom is 0.319 e. The predicted molar refractivity (Wildman–Crippen MR) is 180 cm³/mol. The molecule has 0 saturated heterocycles. The molecule has 1 fully saturated rings. The van der Waals surface area contributed by atoms with Crippen molar-refractivity contribution >= 4 is 39.0 Å². The number of nitrogens with one attached hydrogen (secondary N) is 2. The van der Waals surface area contributed by atoms with E-state index in [-0.39, 0.29) is 59.5 Å². The van der Waals surface area contributed by atoms with Gasteiger partial charge in [-0.05, 0) is 75.6 Å². The molecule has 1 aliphatic heterocycles. The Kier molecular flexibility index (Phi) is 13.3. The number of aliphatic hydroxyl groups excluding tert-OH is 1. The number of nitrogens with zero attached hydrogens (tertiary/aromatic N) is 2. The summed E-state index contributed by atoms with van der Waals surface area (Å²) in [7, 11) is -2.16. The van der Waals surface area contributed by atoms with Crippen molar-refractivity contribution in [1.82, 2.24) is 14.5 Å². The van der Waals surface area contributed by atoms with Gasteiger partial charge >= 0.3 is 6.03 Å². The molecule has 4 atom stereocenters. The van der Waals surface area contributed by atoms with E-state index in [1.165, 1.54) is 22.1 Å². The highest BCUT2D eigenvalue weighted by atomic mass is 32.2. The van der Waals surface area contributed by atoms with E-state index in [1.54, 1.807) is 54.6 Å². The van der Waals surface area contributed by atoms with Crippen molar-refractivity contribution < 1.29 is 32.6 Å². The number of rotatable bonds is 8. The molecule has 4 rings (SSSR count). The second-order valence-electron chi connectivity index (χ2n) is 12.7. The number of sulfonamides is 1. The lowest BCUT2D eigenvalue weighted by atomic mass is 9.96. The summed E-state index contributed by atoms with van der Waals surface area (Å²) in [5.74, 6) is -0.236. The Hall–Kier alpha value is -2.71. The fourth-order valence-corrected chi connectivity index (χ4v) is 8.36. The Morgan fingerprint density at radius 1 is 1.13 bits per heavy atom. The van der Waals surface area contributed by atoms with Gasteiger partial charge in [-0.15, -0.1) is 11.3 Å². The summed E-state index contributed by atoms with van der Waals surface area (Å²) in [6.07, 6.45) is 6.90. The molecule has 1 aliphatic carbocycles. The zero-order chi connectivity index (χ0) is 33.3. The van der Waals surface area contributed by atoms with Gasteiger partial charge in [0.1, 0.15) is 9.96 Å². The lowest BCUT2D eigenvalue weighted by molar-refractivity contribution is -0.00832. The number of anilines is 1. The first-order valence-corrected chi connectivity index (χ1v) is 18.7. The molecule has 0 bridgehead atoms. The number of carbonyl (C=O) groups excluding carboxylic acids is 2. The number of ether oxygens (including phenoxy) is 2. The molecular weight excluding hydrogens is 629 g/mol. The van der Waals surface area contributed by atoms with Gasteiger partial charge in [0.2, 0.25) is 0 Å². The van der Waals surface area contributed by atoms with Crippen molar-refractivity contribution in [3.05, 3.63) is 41.3 Å². The van der Waals surface area contributed by atoms with Crippen LogP contribution in [0.4, 0.5) is 10.5 Å². The predicted octanol–water partition coefficient (Wildman–Crippen LogP) is 5.32. The maximum atomic E-state index is 14.3. The van der Waals surface area contributed by atoms with Crippen molar-refractivity contribution in [3.63, 3.8) is 0 Å². The third-order valence-electron chi connectivity index (χ3n) is 8.85. The van der Waals surface area contributed by atoms with Crippen molar-refractivity contribution in [2.24, 2.45) is 5.92 Å². The Balaban J connectivity index is 1.60. The van der Waals surface area contributed by atoms with Gasteiger partial charge in [-0.3, -0.25) is 4.79 Å². The molecule has 13 heteroatoms. The quantitative estimate of drug-likeness (QED) is 0.344. The molecule has 2 aromatic rings. The van der Waals surface area contributed by atoms with Gasteiger partial charge in [0, 0.05) is 44.4 Å². The van der Waals surface area contributed by atoms with Crippen LogP contribution in [0, 0.1) is 5.92 Å². The second kappa shape index (κ2) is 16.9. The van der Waals surface area contributed by atoms with Crippen LogP contribution in [0.15, 0.2) is 39.9 Å². The Morgan fingerprint density at radius 3 is 2.57 bits per heavy atom. The maximum absolute atomic E-state index is 14.3. The smallest absolute Gasteiger partial charge is 0.319 e.